The van der Waals surface area contributed by atoms with E-state index in [1.165, 1.54) is 36.5 Å². The number of likely N-dealkylation sites (tertiary alicyclic amines) is 1. The molecule has 220 valence electrons. The van der Waals surface area contributed by atoms with Crippen LogP contribution in [0.4, 0.5) is 25.8 Å². The van der Waals surface area contributed by atoms with Gasteiger partial charge in [0.2, 0.25) is 0 Å². The molecule has 2 atom stereocenters. The Kier molecular flexibility index (Phi) is 8.23. The number of pyridine rings is 1. The maximum Gasteiger partial charge on any atom is 0.141 e. The fourth-order valence-corrected chi connectivity index (χ4v) is 5.91. The molecule has 0 bridgehead atoms. The van der Waals surface area contributed by atoms with Crippen molar-refractivity contribution in [3.63, 3.8) is 0 Å². The second-order valence-corrected chi connectivity index (χ2v) is 11.3. The average molecular weight is 622 g/mol. The van der Waals surface area contributed by atoms with Crippen LogP contribution in [0.15, 0.2) is 72.7 Å². The SMILES string of the molecule is CCN1CC[C@@H](N2C=C(C(Nc3cc(Cl)c4ncc(C#N)c(Nc5ccc(F)c(Cl)c5)c4c3)c3ccc(F)cc3)NN2)C1. The largest absolute Gasteiger partial charge is 0.373 e. The first-order valence-electron chi connectivity index (χ1n) is 13.8. The van der Waals surface area contributed by atoms with Gasteiger partial charge in [0.25, 0.3) is 0 Å². The van der Waals surface area contributed by atoms with Crippen LogP contribution >= 0.6 is 23.2 Å². The quantitative estimate of drug-likeness (QED) is 0.170. The molecule has 0 saturated carbocycles. The molecule has 0 amide bonds. The summed E-state index contributed by atoms with van der Waals surface area (Å²) in [7, 11) is 0. The standard InChI is InChI=1S/C31H28Cl2F2N8/c1-2-42-10-9-23(16-42)43-17-28(40-41-43)30(18-3-5-20(34)6-4-18)39-22-11-24-29(38-21-7-8-27(35)25(32)12-21)19(14-36)15-37-31(24)26(33)13-22/h3-8,11-13,15,17,23,30,39-41H,2,9-10,16H2,1H3,(H,37,38)/t23-,30?/m1/s1. The number of nitrogens with one attached hydrogen (secondary N) is 4. The Labute approximate surface area is 257 Å². The second-order valence-electron chi connectivity index (χ2n) is 10.5. The Hall–Kier alpha value is -4.14. The third kappa shape index (κ3) is 6.03. The van der Waals surface area contributed by atoms with Crippen LogP contribution in [-0.2, 0) is 0 Å². The first-order chi connectivity index (χ1) is 20.8. The highest BCUT2D eigenvalue weighted by atomic mass is 35.5. The maximum absolute atomic E-state index is 13.9. The number of rotatable bonds is 8. The monoisotopic (exact) mass is 620 g/mol. The molecule has 0 aliphatic carbocycles. The second kappa shape index (κ2) is 12.2. The summed E-state index contributed by atoms with van der Waals surface area (Å²) < 4.78 is 27.7. The first-order valence-corrected chi connectivity index (χ1v) is 14.6. The van der Waals surface area contributed by atoms with Gasteiger partial charge in [-0.05, 0) is 61.0 Å². The van der Waals surface area contributed by atoms with Gasteiger partial charge >= 0.3 is 0 Å². The molecule has 43 heavy (non-hydrogen) atoms. The van der Waals surface area contributed by atoms with Crippen LogP contribution in [-0.4, -0.2) is 40.6 Å². The van der Waals surface area contributed by atoms with Crippen molar-refractivity contribution >= 4 is 51.2 Å². The lowest BCUT2D eigenvalue weighted by Crippen LogP contribution is -2.44. The first kappa shape index (κ1) is 29.0. The summed E-state index contributed by atoms with van der Waals surface area (Å²) >= 11 is 12.7. The molecule has 0 spiro atoms. The summed E-state index contributed by atoms with van der Waals surface area (Å²) in [5, 5.41) is 19.6. The van der Waals surface area contributed by atoms with Gasteiger partial charge in [0.05, 0.1) is 44.6 Å². The number of anilines is 3. The topological polar surface area (TPSA) is 91.3 Å². The fraction of sp³-hybridized carbons (Fsp3) is 0.226. The average Bonchev–Trinajstić information content (AvgIpc) is 3.69. The van der Waals surface area contributed by atoms with Crippen molar-refractivity contribution < 1.29 is 8.78 Å². The highest BCUT2D eigenvalue weighted by molar-refractivity contribution is 6.36. The van der Waals surface area contributed by atoms with Crippen molar-refractivity contribution in [3.8, 4) is 6.07 Å². The van der Waals surface area contributed by atoms with Gasteiger partial charge < -0.3 is 21.0 Å². The Morgan fingerprint density at radius 1 is 1.09 bits per heavy atom. The molecular formula is C31H28Cl2F2N8. The Balaban J connectivity index is 1.38. The third-order valence-electron chi connectivity index (χ3n) is 7.76. The zero-order valence-electron chi connectivity index (χ0n) is 23.1. The molecule has 1 saturated heterocycles. The van der Waals surface area contributed by atoms with Crippen molar-refractivity contribution in [2.75, 3.05) is 30.3 Å². The van der Waals surface area contributed by atoms with Crippen LogP contribution in [0, 0.1) is 23.0 Å². The molecule has 1 unspecified atom stereocenters. The van der Waals surface area contributed by atoms with Crippen molar-refractivity contribution in [2.24, 2.45) is 0 Å². The Morgan fingerprint density at radius 2 is 1.88 bits per heavy atom. The smallest absolute Gasteiger partial charge is 0.141 e. The highest BCUT2D eigenvalue weighted by Gasteiger charge is 2.30. The van der Waals surface area contributed by atoms with Gasteiger partial charge in [0.1, 0.15) is 17.7 Å². The van der Waals surface area contributed by atoms with Crippen LogP contribution in [0.2, 0.25) is 10.0 Å². The van der Waals surface area contributed by atoms with E-state index in [0.717, 1.165) is 37.3 Å². The molecule has 2 aliphatic rings. The van der Waals surface area contributed by atoms with Gasteiger partial charge in [-0.25, -0.2) is 8.78 Å². The predicted octanol–water partition coefficient (Wildman–Crippen LogP) is 6.85. The molecule has 3 heterocycles. The van der Waals surface area contributed by atoms with Crippen molar-refractivity contribution in [1.29, 1.82) is 5.26 Å². The minimum Gasteiger partial charge on any atom is -0.373 e. The minimum atomic E-state index is -0.549. The highest BCUT2D eigenvalue weighted by Crippen LogP contribution is 2.37. The molecule has 6 rings (SSSR count). The number of hydrogen-bond donors (Lipinski definition) is 4. The number of benzene rings is 3. The lowest BCUT2D eigenvalue weighted by molar-refractivity contribution is 0.193. The van der Waals surface area contributed by atoms with E-state index in [4.69, 9.17) is 23.2 Å². The van der Waals surface area contributed by atoms with Gasteiger partial charge in [0, 0.05) is 42.2 Å². The van der Waals surface area contributed by atoms with Gasteiger partial charge in [0.15, 0.2) is 0 Å². The number of aromatic nitrogens is 1. The Morgan fingerprint density at radius 3 is 2.60 bits per heavy atom. The maximum atomic E-state index is 13.9. The molecule has 4 N–H and O–H groups in total. The number of nitrogens with zero attached hydrogens (tertiary/aromatic N) is 4. The van der Waals surface area contributed by atoms with E-state index in [1.54, 1.807) is 18.2 Å². The molecule has 12 heteroatoms. The van der Waals surface area contributed by atoms with E-state index in [0.29, 0.717) is 39.0 Å². The molecule has 4 aromatic rings. The van der Waals surface area contributed by atoms with Crippen LogP contribution in [0.3, 0.4) is 0 Å². The van der Waals surface area contributed by atoms with Crippen LogP contribution < -0.4 is 21.6 Å². The summed E-state index contributed by atoms with van der Waals surface area (Å²) in [6.07, 6.45) is 4.50. The number of likely N-dealkylation sites (N-methyl/N-ethyl adjacent to an activating group) is 1. The van der Waals surface area contributed by atoms with Crippen molar-refractivity contribution in [3.05, 3.63) is 105 Å². The van der Waals surface area contributed by atoms with E-state index in [2.05, 4.69) is 49.5 Å². The van der Waals surface area contributed by atoms with Gasteiger partial charge in [-0.15, -0.1) is 5.53 Å². The van der Waals surface area contributed by atoms with Gasteiger partial charge in [-0.2, -0.15) is 5.26 Å². The zero-order chi connectivity index (χ0) is 30.1. The van der Waals surface area contributed by atoms with E-state index >= 15 is 0 Å². The summed E-state index contributed by atoms with van der Waals surface area (Å²) in [6, 6.07) is 16.2. The fourth-order valence-electron chi connectivity index (χ4n) is 5.46. The van der Waals surface area contributed by atoms with Crippen LogP contribution in [0.5, 0.6) is 0 Å². The summed E-state index contributed by atoms with van der Waals surface area (Å²) in [6.45, 7) is 5.15. The summed E-state index contributed by atoms with van der Waals surface area (Å²) in [4.78, 5) is 6.83. The van der Waals surface area contributed by atoms with Gasteiger partial charge in [-0.3, -0.25) is 9.99 Å². The summed E-state index contributed by atoms with van der Waals surface area (Å²) in [5.41, 5.74) is 10.6. The van der Waals surface area contributed by atoms with Crippen LogP contribution in [0.25, 0.3) is 10.9 Å². The Bertz CT molecular complexity index is 1740. The third-order valence-corrected chi connectivity index (χ3v) is 8.33. The lowest BCUT2D eigenvalue weighted by Gasteiger charge is -2.23. The molecule has 0 radical (unpaired) electrons. The van der Waals surface area contributed by atoms with Crippen molar-refractivity contribution in [1.82, 2.24) is 25.9 Å². The number of nitriles is 1. The van der Waals surface area contributed by atoms with E-state index in [-0.39, 0.29) is 16.4 Å². The molecule has 1 fully saturated rings. The number of hydrazine groups is 2. The van der Waals surface area contributed by atoms with Gasteiger partial charge in [-0.1, -0.05) is 42.3 Å². The number of fused-ring (bicyclic) bond motifs is 1. The minimum absolute atomic E-state index is 0.0515. The van der Waals surface area contributed by atoms with Crippen LogP contribution in [0.1, 0.15) is 30.5 Å². The molecule has 3 aromatic carbocycles. The molecular weight excluding hydrogens is 593 g/mol. The normalized spacial score (nSPS) is 17.4. The van der Waals surface area contributed by atoms with E-state index in [1.807, 2.05) is 12.3 Å². The van der Waals surface area contributed by atoms with E-state index in [9.17, 15) is 14.0 Å². The van der Waals surface area contributed by atoms with E-state index < -0.39 is 11.9 Å². The number of halogens is 4. The zero-order valence-corrected chi connectivity index (χ0v) is 24.6. The molecule has 2 aliphatic heterocycles. The summed E-state index contributed by atoms with van der Waals surface area (Å²) in [5.74, 6) is -0.881. The predicted molar refractivity (Wildman–Crippen MR) is 166 cm³/mol. The molecule has 1 aromatic heterocycles. The number of hydrogen-bond acceptors (Lipinski definition) is 8. The van der Waals surface area contributed by atoms with Crippen molar-refractivity contribution in [2.45, 2.75) is 25.4 Å². The lowest BCUT2D eigenvalue weighted by atomic mass is 10.0. The molecule has 8 nitrogen and oxygen atoms in total.